The molecule has 1 aliphatic rings. The van der Waals surface area contributed by atoms with Gasteiger partial charge in [0.05, 0.1) is 0 Å². The van der Waals surface area contributed by atoms with Crippen LogP contribution in [0.5, 0.6) is 0 Å². The minimum absolute atomic E-state index is 0.187. The molecule has 1 aliphatic heterocycles. The zero-order chi connectivity index (χ0) is 9.57. The van der Waals surface area contributed by atoms with Crippen LogP contribution in [0.2, 0.25) is 0 Å². The molecule has 0 aromatic heterocycles. The largest absolute Gasteiger partial charge is 0.431 e. The predicted molar refractivity (Wildman–Crippen MR) is 44.5 cm³/mol. The van der Waals surface area contributed by atoms with Gasteiger partial charge in [0.2, 0.25) is 5.79 Å². The Morgan fingerprint density at radius 3 is 2.08 bits per heavy atom. The molecule has 0 radical (unpaired) electrons. The van der Waals surface area contributed by atoms with Gasteiger partial charge >= 0.3 is 5.97 Å². The van der Waals surface area contributed by atoms with Gasteiger partial charge in [0, 0.05) is 12.3 Å². The molecule has 1 heterocycles. The van der Waals surface area contributed by atoms with E-state index < -0.39 is 11.9 Å². The number of carbonyl (C=O) groups is 1. The summed E-state index contributed by atoms with van der Waals surface area (Å²) in [6.45, 7) is 9.46. The molecular weight excluding hydrogens is 156 g/mol. The Kier molecular flexibility index (Phi) is 1.95. The van der Waals surface area contributed by atoms with E-state index in [1.54, 1.807) is 13.8 Å². The fourth-order valence-electron chi connectivity index (χ4n) is 1.01. The van der Waals surface area contributed by atoms with Crippen molar-refractivity contribution in [1.82, 2.24) is 0 Å². The molecule has 0 aliphatic carbocycles. The maximum Gasteiger partial charge on any atom is 0.337 e. The zero-order valence-corrected chi connectivity index (χ0v) is 8.30. The van der Waals surface area contributed by atoms with Crippen molar-refractivity contribution >= 4 is 5.97 Å². The van der Waals surface area contributed by atoms with Gasteiger partial charge in [-0.05, 0) is 6.92 Å². The van der Waals surface area contributed by atoms with E-state index >= 15 is 0 Å². The topological polar surface area (TPSA) is 35.5 Å². The van der Waals surface area contributed by atoms with Crippen molar-refractivity contribution in [2.75, 3.05) is 0 Å². The third-order valence-electron chi connectivity index (χ3n) is 2.39. The summed E-state index contributed by atoms with van der Waals surface area (Å²) in [4.78, 5) is 11.1. The highest BCUT2D eigenvalue weighted by Crippen LogP contribution is 2.39. The van der Waals surface area contributed by atoms with Crippen LogP contribution in [-0.2, 0) is 14.3 Å². The molecule has 0 aromatic carbocycles. The number of carbonyl (C=O) groups excluding carboxylic acids is 1. The number of ether oxygens (including phenoxy) is 2. The first kappa shape index (κ1) is 9.52. The van der Waals surface area contributed by atoms with E-state index in [-0.39, 0.29) is 11.4 Å². The van der Waals surface area contributed by atoms with Crippen molar-refractivity contribution in [2.24, 2.45) is 5.41 Å². The van der Waals surface area contributed by atoms with Gasteiger partial charge in [-0.1, -0.05) is 20.8 Å². The molecule has 0 aromatic rings. The molecule has 0 unspecified atom stereocenters. The average molecular weight is 172 g/mol. The van der Waals surface area contributed by atoms with Gasteiger partial charge in [0.25, 0.3) is 0 Å². The summed E-state index contributed by atoms with van der Waals surface area (Å²) in [5.74, 6) is -1.05. The molecule has 0 N–H and O–H groups in total. The van der Waals surface area contributed by atoms with E-state index in [2.05, 4.69) is 0 Å². The summed E-state index contributed by atoms with van der Waals surface area (Å²) in [5, 5.41) is 0. The van der Waals surface area contributed by atoms with E-state index in [0.717, 1.165) is 0 Å². The second-order valence-corrected chi connectivity index (χ2v) is 4.38. The van der Waals surface area contributed by atoms with Crippen LogP contribution in [0.15, 0.2) is 0 Å². The molecule has 0 saturated carbocycles. The number of hydrogen-bond acceptors (Lipinski definition) is 3. The molecule has 0 amide bonds. The normalized spacial score (nSPS) is 36.8. The molecule has 0 spiro atoms. The van der Waals surface area contributed by atoms with Crippen LogP contribution in [0.1, 0.15) is 34.6 Å². The summed E-state index contributed by atoms with van der Waals surface area (Å²) in [7, 11) is 0. The lowest BCUT2D eigenvalue weighted by atomic mass is 9.87. The van der Waals surface area contributed by atoms with Crippen LogP contribution < -0.4 is 0 Å². The van der Waals surface area contributed by atoms with Gasteiger partial charge in [-0.25, -0.2) is 4.79 Å². The lowest BCUT2D eigenvalue weighted by molar-refractivity contribution is -0.216. The van der Waals surface area contributed by atoms with Crippen LogP contribution in [0.25, 0.3) is 0 Å². The lowest BCUT2D eigenvalue weighted by Gasteiger charge is -2.35. The van der Waals surface area contributed by atoms with E-state index in [0.29, 0.717) is 0 Å². The lowest BCUT2D eigenvalue weighted by Crippen LogP contribution is -2.41. The molecule has 70 valence electrons. The van der Waals surface area contributed by atoms with Crippen LogP contribution in [0, 0.1) is 5.41 Å². The molecule has 3 heteroatoms. The smallest absolute Gasteiger partial charge is 0.337 e. The minimum Gasteiger partial charge on any atom is -0.431 e. The monoisotopic (exact) mass is 172 g/mol. The zero-order valence-electron chi connectivity index (χ0n) is 8.30. The quantitative estimate of drug-likeness (QED) is 0.522. The van der Waals surface area contributed by atoms with Crippen LogP contribution in [0.4, 0.5) is 0 Å². The Hall–Kier alpha value is -0.570. The summed E-state index contributed by atoms with van der Waals surface area (Å²) in [6, 6.07) is 0. The molecular formula is C9H16O3. The highest BCUT2D eigenvalue weighted by molar-refractivity contribution is 5.76. The third kappa shape index (κ3) is 1.33. The Morgan fingerprint density at radius 1 is 1.42 bits per heavy atom. The molecule has 3 nitrogen and oxygen atoms in total. The van der Waals surface area contributed by atoms with Crippen LogP contribution in [0.3, 0.4) is 0 Å². The van der Waals surface area contributed by atoms with Crippen molar-refractivity contribution in [3.05, 3.63) is 0 Å². The maximum absolute atomic E-state index is 11.1. The van der Waals surface area contributed by atoms with Crippen molar-refractivity contribution in [2.45, 2.75) is 46.5 Å². The molecule has 1 rings (SSSR count). The number of cyclic esters (lactones) is 1. The number of hydrogen-bond donors (Lipinski definition) is 0. The summed E-state index contributed by atoms with van der Waals surface area (Å²) in [6.07, 6.45) is -0.436. The average Bonchev–Trinajstić information content (AvgIpc) is 2.06. The molecule has 2 atom stereocenters. The first-order chi connectivity index (χ1) is 5.26. The predicted octanol–water partition coefficient (Wildman–Crippen LogP) is 1.71. The fourth-order valence-corrected chi connectivity index (χ4v) is 1.01. The van der Waals surface area contributed by atoms with Gasteiger partial charge in [0.1, 0.15) is 0 Å². The molecule has 12 heavy (non-hydrogen) atoms. The van der Waals surface area contributed by atoms with E-state index in [4.69, 9.17) is 9.47 Å². The van der Waals surface area contributed by atoms with E-state index in [9.17, 15) is 4.79 Å². The molecule has 1 fully saturated rings. The number of rotatable bonds is 0. The highest BCUT2D eigenvalue weighted by atomic mass is 16.8. The third-order valence-corrected chi connectivity index (χ3v) is 2.39. The maximum atomic E-state index is 11.1. The fraction of sp³-hybridized carbons (Fsp3) is 0.889. The van der Waals surface area contributed by atoms with Crippen LogP contribution in [-0.4, -0.2) is 17.9 Å². The van der Waals surface area contributed by atoms with Gasteiger partial charge in [-0.15, -0.1) is 0 Å². The minimum atomic E-state index is -0.774. The Morgan fingerprint density at radius 2 is 1.92 bits per heavy atom. The SMILES string of the molecule is C[C@H]1O[C@](C)(C(C)(C)C)OC1=O. The van der Waals surface area contributed by atoms with Crippen molar-refractivity contribution < 1.29 is 14.3 Å². The summed E-state index contributed by atoms with van der Waals surface area (Å²) in [5.41, 5.74) is -0.187. The second kappa shape index (κ2) is 2.46. The highest BCUT2D eigenvalue weighted by Gasteiger charge is 2.50. The standard InChI is InChI=1S/C9H16O3/c1-6-7(10)12-9(5,11-6)8(2,3)4/h6H,1-5H3/t6-,9+/m1/s1. The van der Waals surface area contributed by atoms with Gasteiger partial charge in [-0.3, -0.25) is 0 Å². The molecule has 0 bridgehead atoms. The Balaban J connectivity index is 2.84. The van der Waals surface area contributed by atoms with Gasteiger partial charge in [0.15, 0.2) is 6.10 Å². The second-order valence-electron chi connectivity index (χ2n) is 4.38. The van der Waals surface area contributed by atoms with Crippen molar-refractivity contribution in [3.63, 3.8) is 0 Å². The van der Waals surface area contributed by atoms with E-state index in [1.165, 1.54) is 0 Å². The van der Waals surface area contributed by atoms with Gasteiger partial charge in [-0.2, -0.15) is 0 Å². The van der Waals surface area contributed by atoms with Crippen molar-refractivity contribution in [3.8, 4) is 0 Å². The first-order valence-corrected chi connectivity index (χ1v) is 4.17. The van der Waals surface area contributed by atoms with Gasteiger partial charge < -0.3 is 9.47 Å². The van der Waals surface area contributed by atoms with Crippen LogP contribution >= 0.6 is 0 Å². The number of esters is 1. The summed E-state index contributed by atoms with van der Waals surface area (Å²) < 4.78 is 10.6. The Labute approximate surface area is 73.0 Å². The van der Waals surface area contributed by atoms with Crippen molar-refractivity contribution in [1.29, 1.82) is 0 Å². The Bertz CT molecular complexity index is 204. The summed E-state index contributed by atoms with van der Waals surface area (Å²) >= 11 is 0. The van der Waals surface area contributed by atoms with E-state index in [1.807, 2.05) is 20.8 Å². The molecule has 1 saturated heterocycles. The first-order valence-electron chi connectivity index (χ1n) is 4.17.